The molecule has 104 valence electrons. The Hall–Kier alpha value is -0.960. The number of hydrogen-bond acceptors (Lipinski definition) is 3. The minimum Gasteiger partial charge on any atom is -0.303 e. The molecule has 1 aromatic rings. The second-order valence-corrected chi connectivity index (χ2v) is 5.07. The fourth-order valence-corrected chi connectivity index (χ4v) is 2.23. The lowest BCUT2D eigenvalue weighted by Gasteiger charge is -2.19. The minimum atomic E-state index is -0.410. The van der Waals surface area contributed by atoms with Crippen molar-refractivity contribution in [1.29, 1.82) is 5.26 Å². The van der Waals surface area contributed by atoms with Crippen LogP contribution in [0.4, 0.5) is 4.39 Å². The zero-order valence-electron chi connectivity index (χ0n) is 11.3. The molecule has 1 atom stereocenters. The van der Waals surface area contributed by atoms with Crippen LogP contribution in [0.1, 0.15) is 25.5 Å². The molecule has 3 nitrogen and oxygen atoms in total. The van der Waals surface area contributed by atoms with Crippen molar-refractivity contribution in [3.05, 3.63) is 34.1 Å². The maximum Gasteiger partial charge on any atom is 0.137 e. The summed E-state index contributed by atoms with van der Waals surface area (Å²) in [6.45, 7) is 7.85. The van der Waals surface area contributed by atoms with Crippen molar-refractivity contribution in [2.45, 2.75) is 19.9 Å². The molecule has 1 unspecified atom stereocenters. The van der Waals surface area contributed by atoms with Crippen LogP contribution in [-0.2, 0) is 0 Å². The molecular formula is C14H19BrFN3. The van der Waals surface area contributed by atoms with Crippen molar-refractivity contribution in [1.82, 2.24) is 10.2 Å². The highest BCUT2D eigenvalue weighted by Crippen LogP contribution is 2.21. The Balaban J connectivity index is 2.59. The first-order valence-corrected chi connectivity index (χ1v) is 7.22. The Kier molecular flexibility index (Phi) is 7.00. The average Bonchev–Trinajstić information content (AvgIpc) is 2.42. The highest BCUT2D eigenvalue weighted by atomic mass is 79.9. The normalized spacial score (nSPS) is 12.4. The van der Waals surface area contributed by atoms with Gasteiger partial charge in [0.1, 0.15) is 11.9 Å². The summed E-state index contributed by atoms with van der Waals surface area (Å²) < 4.78 is 13.5. The molecule has 0 bridgehead atoms. The summed E-state index contributed by atoms with van der Waals surface area (Å²) in [6.07, 6.45) is 0. The van der Waals surface area contributed by atoms with E-state index in [-0.39, 0.29) is 5.82 Å². The van der Waals surface area contributed by atoms with Gasteiger partial charge < -0.3 is 4.90 Å². The fourth-order valence-electron chi connectivity index (χ4n) is 1.84. The SMILES string of the molecule is CCN(CC)CCNC(C#N)c1ccc(F)c(Br)c1. The van der Waals surface area contributed by atoms with Crippen LogP contribution in [0, 0.1) is 17.1 Å². The molecule has 0 aliphatic rings. The van der Waals surface area contributed by atoms with E-state index >= 15 is 0 Å². The molecule has 0 amide bonds. The summed E-state index contributed by atoms with van der Waals surface area (Å²) in [5.74, 6) is -0.316. The summed E-state index contributed by atoms with van der Waals surface area (Å²) in [7, 11) is 0. The molecular weight excluding hydrogens is 309 g/mol. The van der Waals surface area contributed by atoms with E-state index in [1.165, 1.54) is 6.07 Å². The maximum atomic E-state index is 13.2. The molecule has 1 N–H and O–H groups in total. The lowest BCUT2D eigenvalue weighted by molar-refractivity contribution is 0.300. The molecule has 1 rings (SSSR count). The predicted octanol–water partition coefficient (Wildman–Crippen LogP) is 3.08. The largest absolute Gasteiger partial charge is 0.303 e. The van der Waals surface area contributed by atoms with E-state index in [0.717, 1.165) is 31.7 Å². The van der Waals surface area contributed by atoms with Crippen molar-refractivity contribution in [3.63, 3.8) is 0 Å². The molecule has 0 saturated carbocycles. The van der Waals surface area contributed by atoms with Gasteiger partial charge in [-0.05, 0) is 46.7 Å². The summed E-state index contributed by atoms with van der Waals surface area (Å²) >= 11 is 3.14. The van der Waals surface area contributed by atoms with E-state index in [1.54, 1.807) is 12.1 Å². The van der Waals surface area contributed by atoms with Crippen LogP contribution in [0.2, 0.25) is 0 Å². The number of hydrogen-bond donors (Lipinski definition) is 1. The van der Waals surface area contributed by atoms with Gasteiger partial charge in [-0.3, -0.25) is 5.32 Å². The van der Waals surface area contributed by atoms with E-state index < -0.39 is 6.04 Å². The molecule has 0 radical (unpaired) electrons. The van der Waals surface area contributed by atoms with Gasteiger partial charge in [-0.25, -0.2) is 4.39 Å². The van der Waals surface area contributed by atoms with Gasteiger partial charge in [-0.15, -0.1) is 0 Å². The van der Waals surface area contributed by atoms with E-state index in [9.17, 15) is 9.65 Å². The van der Waals surface area contributed by atoms with Crippen LogP contribution in [0.15, 0.2) is 22.7 Å². The maximum absolute atomic E-state index is 13.2. The van der Waals surface area contributed by atoms with Crippen LogP contribution >= 0.6 is 15.9 Å². The third kappa shape index (κ3) is 4.90. The quantitative estimate of drug-likeness (QED) is 0.836. The number of halogens is 2. The zero-order chi connectivity index (χ0) is 14.3. The Labute approximate surface area is 122 Å². The second kappa shape index (κ2) is 8.26. The Morgan fingerprint density at radius 2 is 2.11 bits per heavy atom. The van der Waals surface area contributed by atoms with Crippen LogP contribution in [-0.4, -0.2) is 31.1 Å². The summed E-state index contributed by atoms with van der Waals surface area (Å²) in [6, 6.07) is 6.45. The molecule has 1 aromatic carbocycles. The number of nitrogens with one attached hydrogen (secondary N) is 1. The first-order chi connectivity index (χ1) is 9.12. The molecule has 0 aliphatic heterocycles. The number of benzene rings is 1. The summed E-state index contributed by atoms with van der Waals surface area (Å²) in [4.78, 5) is 2.28. The molecule has 0 aromatic heterocycles. The van der Waals surface area contributed by atoms with E-state index in [0.29, 0.717) is 4.47 Å². The average molecular weight is 328 g/mol. The minimum absolute atomic E-state index is 0.316. The highest BCUT2D eigenvalue weighted by molar-refractivity contribution is 9.10. The fraction of sp³-hybridized carbons (Fsp3) is 0.500. The van der Waals surface area contributed by atoms with Crippen LogP contribution < -0.4 is 5.32 Å². The van der Waals surface area contributed by atoms with Gasteiger partial charge in [0.15, 0.2) is 0 Å². The van der Waals surface area contributed by atoms with Crippen LogP contribution in [0.3, 0.4) is 0 Å². The predicted molar refractivity (Wildman–Crippen MR) is 78.2 cm³/mol. The third-order valence-electron chi connectivity index (χ3n) is 3.08. The molecule has 0 saturated heterocycles. The van der Waals surface area contributed by atoms with E-state index in [4.69, 9.17) is 0 Å². The van der Waals surface area contributed by atoms with Gasteiger partial charge in [0.25, 0.3) is 0 Å². The first kappa shape index (κ1) is 16.1. The van der Waals surface area contributed by atoms with Gasteiger partial charge in [-0.1, -0.05) is 19.9 Å². The standard InChI is InChI=1S/C14H19BrFN3/c1-3-19(4-2)8-7-18-14(10-17)11-5-6-13(16)12(15)9-11/h5-6,9,14,18H,3-4,7-8H2,1-2H3. The zero-order valence-corrected chi connectivity index (χ0v) is 12.9. The second-order valence-electron chi connectivity index (χ2n) is 4.22. The Bertz CT molecular complexity index is 441. The molecule has 0 spiro atoms. The van der Waals surface area contributed by atoms with Crippen molar-refractivity contribution in [3.8, 4) is 6.07 Å². The Morgan fingerprint density at radius 1 is 1.42 bits per heavy atom. The van der Waals surface area contributed by atoms with Gasteiger partial charge in [0.05, 0.1) is 10.5 Å². The van der Waals surface area contributed by atoms with Gasteiger partial charge in [0, 0.05) is 13.1 Å². The number of rotatable bonds is 7. The third-order valence-corrected chi connectivity index (χ3v) is 3.68. The van der Waals surface area contributed by atoms with Gasteiger partial charge in [0.2, 0.25) is 0 Å². The van der Waals surface area contributed by atoms with Gasteiger partial charge >= 0.3 is 0 Å². The van der Waals surface area contributed by atoms with Crippen molar-refractivity contribution >= 4 is 15.9 Å². The lowest BCUT2D eigenvalue weighted by Crippen LogP contribution is -2.33. The van der Waals surface area contributed by atoms with Gasteiger partial charge in [-0.2, -0.15) is 5.26 Å². The molecule has 19 heavy (non-hydrogen) atoms. The Morgan fingerprint density at radius 3 is 2.63 bits per heavy atom. The molecule has 5 heteroatoms. The number of nitriles is 1. The number of likely N-dealkylation sites (N-methyl/N-ethyl adjacent to an activating group) is 1. The molecule has 0 aliphatic carbocycles. The molecule has 0 heterocycles. The summed E-state index contributed by atoms with van der Waals surface area (Å²) in [5, 5.41) is 12.4. The smallest absolute Gasteiger partial charge is 0.137 e. The van der Waals surface area contributed by atoms with Crippen molar-refractivity contribution in [2.75, 3.05) is 26.2 Å². The van der Waals surface area contributed by atoms with Crippen LogP contribution in [0.25, 0.3) is 0 Å². The summed E-state index contributed by atoms with van der Waals surface area (Å²) in [5.41, 5.74) is 0.773. The topological polar surface area (TPSA) is 39.1 Å². The van der Waals surface area contributed by atoms with E-state index in [2.05, 4.69) is 46.1 Å². The monoisotopic (exact) mass is 327 g/mol. The highest BCUT2D eigenvalue weighted by Gasteiger charge is 2.12. The van der Waals surface area contributed by atoms with Crippen molar-refractivity contribution in [2.24, 2.45) is 0 Å². The molecule has 0 fully saturated rings. The van der Waals surface area contributed by atoms with E-state index in [1.807, 2.05) is 0 Å². The first-order valence-electron chi connectivity index (χ1n) is 6.42. The van der Waals surface area contributed by atoms with Crippen molar-refractivity contribution < 1.29 is 4.39 Å². The number of nitrogens with zero attached hydrogens (tertiary/aromatic N) is 2. The van der Waals surface area contributed by atoms with Crippen LogP contribution in [0.5, 0.6) is 0 Å². The lowest BCUT2D eigenvalue weighted by atomic mass is 10.1.